The minimum Gasteiger partial charge on any atom is -0.348 e. The van der Waals surface area contributed by atoms with Gasteiger partial charge in [-0.3, -0.25) is 9.59 Å². The second-order valence-electron chi connectivity index (χ2n) is 6.37. The number of benzene rings is 1. The lowest BCUT2D eigenvalue weighted by molar-refractivity contribution is -0.122. The SMILES string of the molecule is Cc1nn(CC(=O)N[C@@H]2CCCc3ccccc32)c(=O)c(C#N)c1C. The Bertz CT molecular complexity index is 924. The third-order valence-electron chi connectivity index (χ3n) is 4.75. The molecule has 0 spiro atoms. The summed E-state index contributed by atoms with van der Waals surface area (Å²) in [4.78, 5) is 24.7. The highest BCUT2D eigenvalue weighted by Crippen LogP contribution is 2.29. The molecule has 25 heavy (non-hydrogen) atoms. The van der Waals surface area contributed by atoms with E-state index in [-0.39, 0.29) is 24.1 Å². The minimum atomic E-state index is -0.523. The van der Waals surface area contributed by atoms with E-state index in [4.69, 9.17) is 5.26 Å². The fourth-order valence-electron chi connectivity index (χ4n) is 3.29. The number of nitrogens with one attached hydrogen (secondary N) is 1. The molecular weight excluding hydrogens is 316 g/mol. The van der Waals surface area contributed by atoms with Crippen molar-refractivity contribution in [2.24, 2.45) is 0 Å². The van der Waals surface area contributed by atoms with Gasteiger partial charge in [0.2, 0.25) is 5.91 Å². The highest BCUT2D eigenvalue weighted by atomic mass is 16.2. The Morgan fingerprint density at radius 3 is 2.92 bits per heavy atom. The molecule has 1 aliphatic rings. The number of carbonyl (C=O) groups is 1. The van der Waals surface area contributed by atoms with Gasteiger partial charge in [-0.2, -0.15) is 10.4 Å². The predicted molar refractivity (Wildman–Crippen MR) is 92.9 cm³/mol. The second kappa shape index (κ2) is 6.89. The minimum absolute atomic E-state index is 0.0447. The number of carbonyl (C=O) groups excluding carboxylic acids is 1. The molecule has 0 fully saturated rings. The quantitative estimate of drug-likeness (QED) is 0.927. The Balaban J connectivity index is 1.80. The summed E-state index contributed by atoms with van der Waals surface area (Å²) in [5.74, 6) is -0.275. The van der Waals surface area contributed by atoms with E-state index in [1.807, 2.05) is 24.3 Å². The maximum Gasteiger partial charge on any atom is 0.285 e. The topological polar surface area (TPSA) is 87.8 Å². The smallest absolute Gasteiger partial charge is 0.285 e. The van der Waals surface area contributed by atoms with Crippen molar-refractivity contribution >= 4 is 5.91 Å². The average Bonchev–Trinajstić information content (AvgIpc) is 2.60. The van der Waals surface area contributed by atoms with Crippen molar-refractivity contribution in [2.45, 2.75) is 45.7 Å². The number of fused-ring (bicyclic) bond motifs is 1. The van der Waals surface area contributed by atoms with Crippen LogP contribution >= 0.6 is 0 Å². The van der Waals surface area contributed by atoms with Crippen LogP contribution < -0.4 is 10.9 Å². The second-order valence-corrected chi connectivity index (χ2v) is 6.37. The first-order chi connectivity index (χ1) is 12.0. The molecule has 128 valence electrons. The van der Waals surface area contributed by atoms with Crippen LogP contribution in [0, 0.1) is 25.2 Å². The largest absolute Gasteiger partial charge is 0.348 e. The van der Waals surface area contributed by atoms with E-state index >= 15 is 0 Å². The van der Waals surface area contributed by atoms with Gasteiger partial charge in [-0.25, -0.2) is 4.68 Å². The number of aromatic nitrogens is 2. The standard InChI is InChI=1S/C19H20N4O2/c1-12-13(2)22-23(19(25)16(12)10-20)11-18(24)21-17-9-5-7-14-6-3-4-8-15(14)17/h3-4,6,8,17H,5,7,9,11H2,1-2H3,(H,21,24)/t17-/m1/s1. The Morgan fingerprint density at radius 2 is 2.16 bits per heavy atom. The Morgan fingerprint density at radius 1 is 1.40 bits per heavy atom. The Hall–Kier alpha value is -2.94. The van der Waals surface area contributed by atoms with Gasteiger partial charge < -0.3 is 5.32 Å². The summed E-state index contributed by atoms with van der Waals surface area (Å²) in [6.45, 7) is 3.22. The maximum atomic E-state index is 12.4. The molecule has 1 heterocycles. The molecule has 0 saturated carbocycles. The van der Waals surface area contributed by atoms with E-state index < -0.39 is 5.56 Å². The third kappa shape index (κ3) is 3.31. The fraction of sp³-hybridized carbons (Fsp3) is 0.368. The molecule has 1 aliphatic carbocycles. The molecule has 0 unspecified atom stereocenters. The van der Waals surface area contributed by atoms with Crippen molar-refractivity contribution in [1.82, 2.24) is 15.1 Å². The number of hydrogen-bond acceptors (Lipinski definition) is 4. The molecule has 2 aromatic rings. The fourth-order valence-corrected chi connectivity index (χ4v) is 3.29. The van der Waals surface area contributed by atoms with Crippen LogP contribution in [0.1, 0.15) is 46.8 Å². The summed E-state index contributed by atoms with van der Waals surface area (Å²) in [7, 11) is 0. The van der Waals surface area contributed by atoms with Crippen molar-refractivity contribution in [2.75, 3.05) is 0 Å². The molecule has 6 nitrogen and oxygen atoms in total. The first-order valence-corrected chi connectivity index (χ1v) is 8.37. The van der Waals surface area contributed by atoms with E-state index in [1.165, 1.54) is 5.56 Å². The molecule has 6 heteroatoms. The molecule has 1 N–H and O–H groups in total. The third-order valence-corrected chi connectivity index (χ3v) is 4.75. The number of rotatable bonds is 3. The van der Waals surface area contributed by atoms with Crippen LogP contribution in [0.2, 0.25) is 0 Å². The van der Waals surface area contributed by atoms with E-state index in [2.05, 4.69) is 16.5 Å². The number of nitriles is 1. The van der Waals surface area contributed by atoms with E-state index in [9.17, 15) is 9.59 Å². The van der Waals surface area contributed by atoms with Crippen molar-refractivity contribution in [3.63, 3.8) is 0 Å². The van der Waals surface area contributed by atoms with Crippen LogP contribution in [0.3, 0.4) is 0 Å². The average molecular weight is 336 g/mol. The van der Waals surface area contributed by atoms with Gasteiger partial charge >= 0.3 is 0 Å². The summed E-state index contributed by atoms with van der Waals surface area (Å²) in [6.07, 6.45) is 2.91. The Labute approximate surface area is 146 Å². The number of hydrogen-bond donors (Lipinski definition) is 1. The van der Waals surface area contributed by atoms with Crippen LogP contribution in [-0.4, -0.2) is 15.7 Å². The van der Waals surface area contributed by atoms with Gasteiger partial charge in [0.1, 0.15) is 18.2 Å². The summed E-state index contributed by atoms with van der Waals surface area (Å²) in [6, 6.07) is 9.96. The molecule has 0 radical (unpaired) electrons. The Kier molecular flexibility index (Phi) is 4.66. The van der Waals surface area contributed by atoms with Gasteiger partial charge in [-0.05, 0) is 49.8 Å². The molecule has 1 atom stereocenters. The highest BCUT2D eigenvalue weighted by Gasteiger charge is 2.22. The van der Waals surface area contributed by atoms with E-state index in [0.29, 0.717) is 11.3 Å². The number of aryl methyl sites for hydroxylation is 2. The van der Waals surface area contributed by atoms with Crippen LogP contribution in [-0.2, 0) is 17.8 Å². The first-order valence-electron chi connectivity index (χ1n) is 8.37. The molecule has 3 rings (SSSR count). The molecule has 1 amide bonds. The summed E-state index contributed by atoms with van der Waals surface area (Å²) >= 11 is 0. The first kappa shape index (κ1) is 16.9. The lowest BCUT2D eigenvalue weighted by atomic mass is 9.88. The van der Waals surface area contributed by atoms with Crippen molar-refractivity contribution < 1.29 is 4.79 Å². The van der Waals surface area contributed by atoms with Gasteiger partial charge in [0.05, 0.1) is 11.7 Å². The van der Waals surface area contributed by atoms with Gasteiger partial charge in [-0.15, -0.1) is 0 Å². The van der Waals surface area contributed by atoms with Gasteiger partial charge in [0.15, 0.2) is 0 Å². The predicted octanol–water partition coefficient (Wildman–Crippen LogP) is 1.93. The van der Waals surface area contributed by atoms with Crippen LogP contribution in [0.15, 0.2) is 29.1 Å². The van der Waals surface area contributed by atoms with E-state index in [1.54, 1.807) is 13.8 Å². The molecule has 0 bridgehead atoms. The van der Waals surface area contributed by atoms with Crippen molar-refractivity contribution in [3.05, 3.63) is 62.6 Å². The number of nitrogens with zero attached hydrogens (tertiary/aromatic N) is 3. The summed E-state index contributed by atoms with van der Waals surface area (Å²) in [5, 5.41) is 16.3. The highest BCUT2D eigenvalue weighted by molar-refractivity contribution is 5.76. The molecule has 0 saturated heterocycles. The van der Waals surface area contributed by atoms with Crippen molar-refractivity contribution in [3.8, 4) is 6.07 Å². The van der Waals surface area contributed by atoms with Gasteiger partial charge in [0.25, 0.3) is 5.56 Å². The lowest BCUT2D eigenvalue weighted by Crippen LogP contribution is -2.38. The van der Waals surface area contributed by atoms with Crippen molar-refractivity contribution in [1.29, 1.82) is 5.26 Å². The van der Waals surface area contributed by atoms with Crippen LogP contribution in [0.5, 0.6) is 0 Å². The van der Waals surface area contributed by atoms with Gasteiger partial charge in [-0.1, -0.05) is 24.3 Å². The van der Waals surface area contributed by atoms with Crippen LogP contribution in [0.4, 0.5) is 0 Å². The summed E-state index contributed by atoms with van der Waals surface area (Å²) < 4.78 is 1.07. The molecular formula is C19H20N4O2. The monoisotopic (exact) mass is 336 g/mol. The normalized spacial score (nSPS) is 16.0. The molecule has 1 aromatic carbocycles. The lowest BCUT2D eigenvalue weighted by Gasteiger charge is -2.26. The maximum absolute atomic E-state index is 12.4. The zero-order valence-corrected chi connectivity index (χ0v) is 14.4. The zero-order valence-electron chi connectivity index (χ0n) is 14.4. The molecule has 0 aliphatic heterocycles. The zero-order chi connectivity index (χ0) is 18.0. The molecule has 1 aromatic heterocycles. The van der Waals surface area contributed by atoms with Crippen LogP contribution in [0.25, 0.3) is 0 Å². The summed E-state index contributed by atoms with van der Waals surface area (Å²) in [5.41, 5.74) is 3.05. The van der Waals surface area contributed by atoms with E-state index in [0.717, 1.165) is 29.5 Å². The number of amides is 1. The van der Waals surface area contributed by atoms with Gasteiger partial charge in [0, 0.05) is 0 Å².